The monoisotopic (exact) mass is 380 g/mol. The number of oxazole rings is 1. The smallest absolute Gasteiger partial charge is 0.311 e. The van der Waals surface area contributed by atoms with Crippen molar-refractivity contribution >= 4 is 28.4 Å². The van der Waals surface area contributed by atoms with Crippen molar-refractivity contribution in [3.63, 3.8) is 0 Å². The van der Waals surface area contributed by atoms with E-state index in [1.54, 1.807) is 6.07 Å². The molecule has 0 amide bonds. The molecule has 0 radical (unpaired) electrons. The lowest BCUT2D eigenvalue weighted by Gasteiger charge is -2.02. The van der Waals surface area contributed by atoms with E-state index in [1.807, 2.05) is 42.5 Å². The van der Waals surface area contributed by atoms with Gasteiger partial charge in [0.25, 0.3) is 0 Å². The summed E-state index contributed by atoms with van der Waals surface area (Å²) in [5.74, 6) is 0.494. The molecule has 134 valence electrons. The molecule has 0 spiro atoms. The van der Waals surface area contributed by atoms with Gasteiger partial charge in [-0.3, -0.25) is 10.1 Å². The molecule has 7 heteroatoms. The molecule has 0 atom stereocenters. The minimum Gasteiger partial charge on any atom is -0.490 e. The topological polar surface area (TPSA) is 78.4 Å². The molecule has 27 heavy (non-hydrogen) atoms. The highest BCUT2D eigenvalue weighted by atomic mass is 35.5. The number of nitro groups is 1. The van der Waals surface area contributed by atoms with Gasteiger partial charge in [0.1, 0.15) is 5.52 Å². The Morgan fingerprint density at radius 1 is 1.00 bits per heavy atom. The van der Waals surface area contributed by atoms with E-state index in [0.29, 0.717) is 27.6 Å². The van der Waals surface area contributed by atoms with Crippen LogP contribution in [0.4, 0.5) is 5.69 Å². The van der Waals surface area contributed by atoms with E-state index < -0.39 is 4.92 Å². The SMILES string of the molecule is COc1ccc(-c2nc3cc(-c4ccc(Cl)cc4)ccc3o2)cc1[N+](=O)[O-]. The lowest BCUT2D eigenvalue weighted by atomic mass is 10.1. The zero-order valence-corrected chi connectivity index (χ0v) is 14.9. The maximum absolute atomic E-state index is 11.2. The van der Waals surface area contributed by atoms with Gasteiger partial charge in [0, 0.05) is 16.7 Å². The molecule has 0 aliphatic heterocycles. The highest BCUT2D eigenvalue weighted by Gasteiger charge is 2.18. The molecule has 0 N–H and O–H groups in total. The molecule has 0 bridgehead atoms. The number of rotatable bonds is 4. The summed E-state index contributed by atoms with van der Waals surface area (Å²) in [4.78, 5) is 15.2. The first-order valence-electron chi connectivity index (χ1n) is 8.04. The van der Waals surface area contributed by atoms with Crippen molar-refractivity contribution in [2.24, 2.45) is 0 Å². The van der Waals surface area contributed by atoms with E-state index in [-0.39, 0.29) is 11.4 Å². The fraction of sp³-hybridized carbons (Fsp3) is 0.0500. The van der Waals surface area contributed by atoms with Crippen LogP contribution in [0.2, 0.25) is 5.02 Å². The van der Waals surface area contributed by atoms with E-state index in [2.05, 4.69) is 4.98 Å². The number of hydrogen-bond acceptors (Lipinski definition) is 5. The van der Waals surface area contributed by atoms with Gasteiger partial charge in [0.05, 0.1) is 12.0 Å². The Morgan fingerprint density at radius 3 is 2.41 bits per heavy atom. The van der Waals surface area contributed by atoms with Crippen molar-refractivity contribution in [1.29, 1.82) is 0 Å². The molecule has 0 saturated carbocycles. The lowest BCUT2D eigenvalue weighted by Crippen LogP contribution is -1.94. The van der Waals surface area contributed by atoms with Crippen molar-refractivity contribution in [2.45, 2.75) is 0 Å². The third kappa shape index (κ3) is 3.22. The van der Waals surface area contributed by atoms with Crippen molar-refractivity contribution in [3.8, 4) is 28.3 Å². The van der Waals surface area contributed by atoms with Crippen LogP contribution in [0.15, 0.2) is 65.1 Å². The van der Waals surface area contributed by atoms with Crippen LogP contribution in [0.25, 0.3) is 33.7 Å². The summed E-state index contributed by atoms with van der Waals surface area (Å²) in [5, 5.41) is 11.9. The number of nitro benzene ring substituents is 1. The molecule has 4 rings (SSSR count). The third-order valence-corrected chi connectivity index (χ3v) is 4.44. The summed E-state index contributed by atoms with van der Waals surface area (Å²) in [5.41, 5.74) is 3.61. The van der Waals surface area contributed by atoms with Crippen molar-refractivity contribution in [3.05, 3.63) is 75.8 Å². The van der Waals surface area contributed by atoms with Crippen molar-refractivity contribution < 1.29 is 14.1 Å². The molecule has 6 nitrogen and oxygen atoms in total. The molecule has 0 fully saturated rings. The van der Waals surface area contributed by atoms with Crippen LogP contribution >= 0.6 is 11.6 Å². The fourth-order valence-corrected chi connectivity index (χ4v) is 2.96. The maximum atomic E-state index is 11.2. The van der Waals surface area contributed by atoms with Crippen LogP contribution in [0, 0.1) is 10.1 Å². The highest BCUT2D eigenvalue weighted by molar-refractivity contribution is 6.30. The number of aromatic nitrogens is 1. The predicted octanol–water partition coefficient (Wildman–Crippen LogP) is 5.73. The zero-order chi connectivity index (χ0) is 19.0. The number of nitrogens with zero attached hydrogens (tertiary/aromatic N) is 2. The number of fused-ring (bicyclic) bond motifs is 1. The van der Waals surface area contributed by atoms with Gasteiger partial charge < -0.3 is 9.15 Å². The van der Waals surface area contributed by atoms with Gasteiger partial charge in [-0.05, 0) is 47.5 Å². The molecule has 0 aliphatic carbocycles. The van der Waals surface area contributed by atoms with Gasteiger partial charge >= 0.3 is 5.69 Å². The number of methoxy groups -OCH3 is 1. The summed E-state index contributed by atoms with van der Waals surface area (Å²) in [6, 6.07) is 17.8. The second kappa shape index (κ2) is 6.74. The minimum absolute atomic E-state index is 0.140. The number of ether oxygens (including phenoxy) is 1. The Labute approximate surface area is 159 Å². The van der Waals surface area contributed by atoms with Crippen LogP contribution < -0.4 is 4.74 Å². The second-order valence-corrected chi connectivity index (χ2v) is 6.29. The van der Waals surface area contributed by atoms with Gasteiger partial charge in [-0.2, -0.15) is 0 Å². The molecule has 3 aromatic carbocycles. The highest BCUT2D eigenvalue weighted by Crippen LogP contribution is 2.34. The molecule has 1 aromatic heterocycles. The van der Waals surface area contributed by atoms with Crippen LogP contribution in [0.5, 0.6) is 5.75 Å². The van der Waals surface area contributed by atoms with Crippen LogP contribution in [0.1, 0.15) is 0 Å². The Balaban J connectivity index is 1.77. The summed E-state index contributed by atoms with van der Waals surface area (Å²) < 4.78 is 10.8. The molecular weight excluding hydrogens is 368 g/mol. The average Bonchev–Trinajstić information content (AvgIpc) is 3.11. The first kappa shape index (κ1) is 17.1. The fourth-order valence-electron chi connectivity index (χ4n) is 2.84. The predicted molar refractivity (Wildman–Crippen MR) is 103 cm³/mol. The van der Waals surface area contributed by atoms with Gasteiger partial charge in [0.2, 0.25) is 5.89 Å². The molecule has 0 unspecified atom stereocenters. The van der Waals surface area contributed by atoms with Crippen LogP contribution in [-0.2, 0) is 0 Å². The Hall–Kier alpha value is -3.38. The van der Waals surface area contributed by atoms with E-state index >= 15 is 0 Å². The Bertz CT molecular complexity index is 1150. The Kier molecular flexibility index (Phi) is 4.25. The van der Waals surface area contributed by atoms with E-state index in [4.69, 9.17) is 20.8 Å². The number of hydrogen-bond donors (Lipinski definition) is 0. The second-order valence-electron chi connectivity index (χ2n) is 5.85. The first-order chi connectivity index (χ1) is 13.0. The van der Waals surface area contributed by atoms with E-state index in [0.717, 1.165) is 11.1 Å². The van der Waals surface area contributed by atoms with E-state index in [9.17, 15) is 10.1 Å². The quantitative estimate of drug-likeness (QED) is 0.333. The molecule has 1 heterocycles. The van der Waals surface area contributed by atoms with E-state index in [1.165, 1.54) is 19.2 Å². The molecule has 4 aromatic rings. The number of halogens is 1. The summed E-state index contributed by atoms with van der Waals surface area (Å²) in [6.07, 6.45) is 0. The molecular formula is C20H13ClN2O4. The van der Waals surface area contributed by atoms with Gasteiger partial charge in [-0.1, -0.05) is 29.8 Å². The van der Waals surface area contributed by atoms with Gasteiger partial charge in [-0.15, -0.1) is 0 Å². The third-order valence-electron chi connectivity index (χ3n) is 4.19. The van der Waals surface area contributed by atoms with Gasteiger partial charge in [-0.25, -0.2) is 4.98 Å². The van der Waals surface area contributed by atoms with Crippen LogP contribution in [-0.4, -0.2) is 17.0 Å². The minimum atomic E-state index is -0.496. The largest absolute Gasteiger partial charge is 0.490 e. The normalized spacial score (nSPS) is 10.9. The molecule has 0 saturated heterocycles. The zero-order valence-electron chi connectivity index (χ0n) is 14.2. The number of benzene rings is 3. The average molecular weight is 381 g/mol. The Morgan fingerprint density at radius 2 is 1.70 bits per heavy atom. The standard InChI is InChI=1S/C20H13ClN2O4/c1-26-19-9-5-14(11-17(19)23(24)25)20-22-16-10-13(4-8-18(16)27-20)12-2-6-15(21)7-3-12/h2-11H,1H3. The van der Waals surface area contributed by atoms with Crippen LogP contribution in [0.3, 0.4) is 0 Å². The summed E-state index contributed by atoms with van der Waals surface area (Å²) in [7, 11) is 1.39. The maximum Gasteiger partial charge on any atom is 0.311 e. The van der Waals surface area contributed by atoms with Crippen molar-refractivity contribution in [2.75, 3.05) is 7.11 Å². The first-order valence-corrected chi connectivity index (χ1v) is 8.42. The summed E-state index contributed by atoms with van der Waals surface area (Å²) >= 11 is 5.94. The lowest BCUT2D eigenvalue weighted by molar-refractivity contribution is -0.385. The van der Waals surface area contributed by atoms with Crippen molar-refractivity contribution in [1.82, 2.24) is 4.98 Å². The summed E-state index contributed by atoms with van der Waals surface area (Å²) in [6.45, 7) is 0. The molecule has 0 aliphatic rings. The van der Waals surface area contributed by atoms with Gasteiger partial charge in [0.15, 0.2) is 11.3 Å².